The van der Waals surface area contributed by atoms with Gasteiger partial charge in [0.05, 0.1) is 16.6 Å². The minimum atomic E-state index is -4.47. The summed E-state index contributed by atoms with van der Waals surface area (Å²) in [5.41, 5.74) is 1.13. The first kappa shape index (κ1) is 27.1. The van der Waals surface area contributed by atoms with Crippen molar-refractivity contribution in [3.8, 4) is 11.3 Å². The first-order valence-electron chi connectivity index (χ1n) is 10.5. The lowest BCUT2D eigenvalue weighted by Crippen LogP contribution is -2.32. The van der Waals surface area contributed by atoms with Crippen LogP contribution in [0.15, 0.2) is 52.7 Å². The van der Waals surface area contributed by atoms with Crippen LogP contribution in [0.4, 0.5) is 22.0 Å². The molecule has 0 spiro atoms. The highest BCUT2D eigenvalue weighted by molar-refractivity contribution is 7.82. The number of hydrogen-bond donors (Lipinski definition) is 1. The Morgan fingerprint density at radius 1 is 1.17 bits per heavy atom. The Morgan fingerprint density at radius 2 is 1.89 bits per heavy atom. The molecule has 1 N–H and O–H groups in total. The molecule has 1 aliphatic heterocycles. The molecule has 0 bridgehead atoms. The fourth-order valence-corrected chi connectivity index (χ4v) is 5.47. The molecule has 0 radical (unpaired) electrons. The van der Waals surface area contributed by atoms with Gasteiger partial charge in [0, 0.05) is 24.0 Å². The molecule has 2 aromatic carbocycles. The van der Waals surface area contributed by atoms with Crippen LogP contribution in [0, 0.1) is 11.6 Å². The van der Waals surface area contributed by atoms with E-state index in [0.29, 0.717) is 40.4 Å². The van der Waals surface area contributed by atoms with Crippen molar-refractivity contribution in [2.45, 2.75) is 36.5 Å². The van der Waals surface area contributed by atoms with Gasteiger partial charge in [0.15, 0.2) is 5.01 Å². The van der Waals surface area contributed by atoms with Crippen LogP contribution < -0.4 is 5.32 Å². The average Bonchev–Trinajstić information content (AvgIpc) is 3.49. The van der Waals surface area contributed by atoms with E-state index in [4.69, 9.17) is 0 Å². The fraction of sp³-hybridized carbons (Fsp3) is 0.304. The van der Waals surface area contributed by atoms with Gasteiger partial charge in [-0.05, 0) is 67.9 Å². The van der Waals surface area contributed by atoms with Gasteiger partial charge in [0.2, 0.25) is 0 Å². The number of halogens is 5. The lowest BCUT2D eigenvalue weighted by Gasteiger charge is -2.18. The predicted molar refractivity (Wildman–Crippen MR) is 124 cm³/mol. The summed E-state index contributed by atoms with van der Waals surface area (Å²) in [6, 6.07) is 9.39. The predicted octanol–water partition coefficient (Wildman–Crippen LogP) is 5.20. The molecule has 1 fully saturated rings. The molecule has 35 heavy (non-hydrogen) atoms. The molecule has 188 valence electrons. The highest BCUT2D eigenvalue weighted by Gasteiger charge is 2.34. The van der Waals surface area contributed by atoms with Crippen molar-refractivity contribution in [2.75, 3.05) is 13.6 Å². The number of benzene rings is 2. The van der Waals surface area contributed by atoms with Crippen molar-refractivity contribution in [1.29, 1.82) is 0 Å². The Kier molecular flexibility index (Phi) is 9.22. The SMILES string of the molecule is CNCc1cc(F)cc(-c2csc(C(F)(F)F)n2)c1.O=CC1CCCN1S(=O)c1ccc(F)cc1. The van der Waals surface area contributed by atoms with Crippen molar-refractivity contribution in [3.05, 3.63) is 70.1 Å². The zero-order chi connectivity index (χ0) is 25.6. The van der Waals surface area contributed by atoms with Gasteiger partial charge in [-0.25, -0.2) is 22.3 Å². The van der Waals surface area contributed by atoms with Crippen LogP contribution in [-0.2, 0) is 28.5 Å². The number of carbonyl (C=O) groups excluding carboxylic acids is 1. The van der Waals surface area contributed by atoms with Gasteiger partial charge >= 0.3 is 6.18 Å². The number of carbonyl (C=O) groups is 1. The van der Waals surface area contributed by atoms with Gasteiger partial charge in [0.25, 0.3) is 0 Å². The summed E-state index contributed by atoms with van der Waals surface area (Å²) in [6.45, 7) is 1.08. The lowest BCUT2D eigenvalue weighted by molar-refractivity contribution is -0.137. The Bertz CT molecular complexity index is 1170. The maximum absolute atomic E-state index is 13.4. The summed E-state index contributed by atoms with van der Waals surface area (Å²) in [5, 5.41) is 3.20. The average molecular weight is 532 g/mol. The number of hydrogen-bond acceptors (Lipinski definition) is 5. The van der Waals surface area contributed by atoms with E-state index in [1.165, 1.54) is 41.8 Å². The van der Waals surface area contributed by atoms with Crippen molar-refractivity contribution in [2.24, 2.45) is 0 Å². The third-order valence-corrected chi connectivity index (χ3v) is 7.46. The summed E-state index contributed by atoms with van der Waals surface area (Å²) < 4.78 is 77.2. The minimum Gasteiger partial charge on any atom is -0.316 e. The number of nitrogens with zero attached hydrogens (tertiary/aromatic N) is 2. The molecule has 0 aliphatic carbocycles. The van der Waals surface area contributed by atoms with E-state index in [-0.39, 0.29) is 17.6 Å². The maximum atomic E-state index is 13.4. The topological polar surface area (TPSA) is 62.3 Å². The van der Waals surface area contributed by atoms with Crippen molar-refractivity contribution >= 4 is 28.6 Å². The molecule has 2 atom stereocenters. The smallest absolute Gasteiger partial charge is 0.316 e. The van der Waals surface area contributed by atoms with E-state index in [1.54, 1.807) is 17.4 Å². The van der Waals surface area contributed by atoms with Gasteiger partial charge in [-0.3, -0.25) is 0 Å². The number of alkyl halides is 3. The highest BCUT2D eigenvalue weighted by atomic mass is 32.2. The van der Waals surface area contributed by atoms with E-state index in [9.17, 15) is 31.0 Å². The van der Waals surface area contributed by atoms with Crippen molar-refractivity contribution in [1.82, 2.24) is 14.6 Å². The van der Waals surface area contributed by atoms with Gasteiger partial charge in [-0.1, -0.05) is 0 Å². The second-order valence-electron chi connectivity index (χ2n) is 7.60. The van der Waals surface area contributed by atoms with E-state index in [1.807, 2.05) is 0 Å². The summed E-state index contributed by atoms with van der Waals surface area (Å²) in [5.74, 6) is -0.849. The van der Waals surface area contributed by atoms with Crippen LogP contribution in [0.2, 0.25) is 0 Å². The molecule has 1 saturated heterocycles. The molecule has 1 aromatic heterocycles. The maximum Gasteiger partial charge on any atom is 0.443 e. The van der Waals surface area contributed by atoms with Gasteiger partial charge < -0.3 is 10.1 Å². The Hall–Kier alpha value is -2.54. The van der Waals surface area contributed by atoms with Crippen LogP contribution in [0.25, 0.3) is 11.3 Å². The van der Waals surface area contributed by atoms with Gasteiger partial charge in [-0.15, -0.1) is 11.3 Å². The number of aromatic nitrogens is 1. The van der Waals surface area contributed by atoms with E-state index in [2.05, 4.69) is 10.3 Å². The molecule has 1 aliphatic rings. The van der Waals surface area contributed by atoms with E-state index >= 15 is 0 Å². The molecule has 3 aromatic rings. The van der Waals surface area contributed by atoms with E-state index < -0.39 is 28.0 Å². The highest BCUT2D eigenvalue weighted by Crippen LogP contribution is 2.34. The zero-order valence-corrected chi connectivity index (χ0v) is 20.2. The molecule has 12 heteroatoms. The third kappa shape index (κ3) is 7.23. The van der Waals surface area contributed by atoms with Crippen LogP contribution >= 0.6 is 11.3 Å². The number of aldehydes is 1. The summed E-state index contributed by atoms with van der Waals surface area (Å²) >= 11 is 0.502. The van der Waals surface area contributed by atoms with Crippen LogP contribution in [0.3, 0.4) is 0 Å². The van der Waals surface area contributed by atoms with Crippen LogP contribution in [0.5, 0.6) is 0 Å². The molecule has 2 unspecified atom stereocenters. The molecule has 5 nitrogen and oxygen atoms in total. The molecule has 0 amide bonds. The van der Waals surface area contributed by atoms with Crippen molar-refractivity contribution < 1.29 is 31.0 Å². The molecule has 0 saturated carbocycles. The fourth-order valence-electron chi connectivity index (χ4n) is 3.44. The van der Waals surface area contributed by atoms with Gasteiger partial charge in [0.1, 0.15) is 28.9 Å². The Morgan fingerprint density at radius 3 is 2.49 bits per heavy atom. The Balaban J connectivity index is 0.000000198. The second-order valence-corrected chi connectivity index (χ2v) is 9.90. The minimum absolute atomic E-state index is 0.133. The second kappa shape index (κ2) is 11.9. The first-order valence-corrected chi connectivity index (χ1v) is 12.5. The van der Waals surface area contributed by atoms with Crippen LogP contribution in [-0.4, -0.2) is 39.4 Å². The monoisotopic (exact) mass is 531 g/mol. The number of thiazole rings is 1. The third-order valence-electron chi connectivity index (χ3n) is 5.01. The first-order chi connectivity index (χ1) is 16.6. The molecular formula is C23H22F5N3O2S2. The van der Waals surface area contributed by atoms with Crippen LogP contribution in [0.1, 0.15) is 23.4 Å². The summed E-state index contributed by atoms with van der Waals surface area (Å²) in [4.78, 5) is 14.8. The summed E-state index contributed by atoms with van der Waals surface area (Å²) in [7, 11) is 0.342. The lowest BCUT2D eigenvalue weighted by atomic mass is 10.1. The number of nitrogens with one attached hydrogen (secondary N) is 1. The van der Waals surface area contributed by atoms with E-state index in [0.717, 1.165) is 19.1 Å². The zero-order valence-electron chi connectivity index (χ0n) is 18.5. The normalized spacial score (nSPS) is 17.0. The Labute approximate surface area is 205 Å². The largest absolute Gasteiger partial charge is 0.443 e. The van der Waals surface area contributed by atoms with Crippen molar-refractivity contribution in [3.63, 3.8) is 0 Å². The molecule has 2 heterocycles. The molecule has 4 rings (SSSR count). The standard InChI is InChI=1S/C12H10F4N2S.C11H12FNO2S/c1-17-5-7-2-8(4-9(13)3-7)10-6-19-11(18-10)12(14,15)16;12-9-3-5-11(6-4-9)16(15)13-7-1-2-10(13)8-14/h2-4,6,17H,5H2,1H3;3-6,8,10H,1-2,7H2. The summed E-state index contributed by atoms with van der Waals surface area (Å²) in [6.07, 6.45) is -2.02. The molecular weight excluding hydrogens is 509 g/mol. The van der Waals surface area contributed by atoms with Gasteiger partial charge in [-0.2, -0.15) is 13.2 Å². The number of rotatable bonds is 6. The quantitative estimate of drug-likeness (QED) is 0.351.